The van der Waals surface area contributed by atoms with Crippen LogP contribution in [0.2, 0.25) is 0 Å². The minimum Gasteiger partial charge on any atom is -0.376 e. The molecule has 1 aromatic heterocycles. The van der Waals surface area contributed by atoms with Gasteiger partial charge in [-0.2, -0.15) is 0 Å². The van der Waals surface area contributed by atoms with Gasteiger partial charge in [0.05, 0.1) is 6.10 Å². The molecular formula is C16H25N5O2. The zero-order valence-electron chi connectivity index (χ0n) is 13.8. The highest BCUT2D eigenvalue weighted by Gasteiger charge is 2.15. The second-order valence-corrected chi connectivity index (χ2v) is 5.48. The van der Waals surface area contributed by atoms with Gasteiger partial charge in [0, 0.05) is 38.9 Å². The lowest BCUT2D eigenvalue weighted by molar-refractivity contribution is -0.116. The SMILES string of the molecule is CN=C(NCCC(=O)Nc1cccc(C)n1)NCC1CCCO1. The predicted octanol–water partition coefficient (Wildman–Crippen LogP) is 1.06. The van der Waals surface area contributed by atoms with Crippen LogP contribution in [0.4, 0.5) is 5.82 Å². The molecule has 2 rings (SSSR count). The van der Waals surface area contributed by atoms with E-state index in [1.165, 1.54) is 0 Å². The highest BCUT2D eigenvalue weighted by atomic mass is 16.5. The molecule has 2 heterocycles. The number of aromatic nitrogens is 1. The molecule has 1 fully saturated rings. The van der Waals surface area contributed by atoms with Gasteiger partial charge in [0.1, 0.15) is 5.82 Å². The number of guanidine groups is 1. The number of ether oxygens (including phenoxy) is 1. The van der Waals surface area contributed by atoms with Gasteiger partial charge in [-0.25, -0.2) is 4.98 Å². The summed E-state index contributed by atoms with van der Waals surface area (Å²) in [6.07, 6.45) is 2.79. The fraction of sp³-hybridized carbons (Fsp3) is 0.562. The Morgan fingerprint density at radius 3 is 3.00 bits per heavy atom. The molecule has 0 bridgehead atoms. The molecule has 0 aliphatic carbocycles. The summed E-state index contributed by atoms with van der Waals surface area (Å²) >= 11 is 0. The van der Waals surface area contributed by atoms with E-state index >= 15 is 0 Å². The lowest BCUT2D eigenvalue weighted by Gasteiger charge is -2.14. The molecule has 1 aromatic rings. The molecule has 0 saturated carbocycles. The Morgan fingerprint density at radius 1 is 1.43 bits per heavy atom. The minimum atomic E-state index is -0.0785. The van der Waals surface area contributed by atoms with Crippen LogP contribution < -0.4 is 16.0 Å². The lowest BCUT2D eigenvalue weighted by atomic mass is 10.2. The molecule has 1 unspecified atom stereocenters. The second-order valence-electron chi connectivity index (χ2n) is 5.48. The summed E-state index contributed by atoms with van der Waals surface area (Å²) in [5.74, 6) is 1.18. The number of rotatable bonds is 6. The number of aryl methyl sites for hydroxylation is 1. The zero-order valence-corrected chi connectivity index (χ0v) is 13.8. The Labute approximate surface area is 136 Å². The maximum atomic E-state index is 11.9. The van der Waals surface area contributed by atoms with Crippen molar-refractivity contribution in [2.24, 2.45) is 4.99 Å². The van der Waals surface area contributed by atoms with Gasteiger partial charge in [0.2, 0.25) is 5.91 Å². The van der Waals surface area contributed by atoms with Crippen molar-refractivity contribution >= 4 is 17.7 Å². The topological polar surface area (TPSA) is 87.6 Å². The molecule has 1 saturated heterocycles. The number of nitrogens with zero attached hydrogens (tertiary/aromatic N) is 2. The first-order valence-corrected chi connectivity index (χ1v) is 7.97. The molecule has 0 aromatic carbocycles. The largest absolute Gasteiger partial charge is 0.376 e. The number of aliphatic imine (C=N–C) groups is 1. The molecule has 1 amide bonds. The highest BCUT2D eigenvalue weighted by Crippen LogP contribution is 2.10. The Morgan fingerprint density at radius 2 is 2.30 bits per heavy atom. The van der Waals surface area contributed by atoms with Crippen molar-refractivity contribution in [3.8, 4) is 0 Å². The van der Waals surface area contributed by atoms with Crippen molar-refractivity contribution in [3.63, 3.8) is 0 Å². The number of pyridine rings is 1. The third-order valence-corrected chi connectivity index (χ3v) is 3.55. The number of amides is 1. The van der Waals surface area contributed by atoms with Gasteiger partial charge >= 0.3 is 0 Å². The maximum absolute atomic E-state index is 11.9. The Hall–Kier alpha value is -2.15. The van der Waals surface area contributed by atoms with E-state index < -0.39 is 0 Å². The van der Waals surface area contributed by atoms with Gasteiger partial charge in [0.25, 0.3) is 0 Å². The summed E-state index contributed by atoms with van der Waals surface area (Å²) in [6, 6.07) is 5.54. The summed E-state index contributed by atoms with van der Waals surface area (Å²) in [7, 11) is 1.71. The molecule has 0 radical (unpaired) electrons. The van der Waals surface area contributed by atoms with Crippen LogP contribution in [0.3, 0.4) is 0 Å². The highest BCUT2D eigenvalue weighted by molar-refractivity contribution is 5.90. The normalized spacial score (nSPS) is 17.8. The number of anilines is 1. The van der Waals surface area contributed by atoms with Crippen LogP contribution in [0.15, 0.2) is 23.2 Å². The van der Waals surface area contributed by atoms with Crippen LogP contribution in [0.25, 0.3) is 0 Å². The molecule has 1 aliphatic heterocycles. The van der Waals surface area contributed by atoms with E-state index in [1.807, 2.05) is 19.1 Å². The van der Waals surface area contributed by atoms with Gasteiger partial charge in [-0.3, -0.25) is 9.79 Å². The molecule has 7 heteroatoms. The third-order valence-electron chi connectivity index (χ3n) is 3.55. The van der Waals surface area contributed by atoms with Crippen molar-refractivity contribution in [2.75, 3.05) is 32.1 Å². The van der Waals surface area contributed by atoms with Crippen LogP contribution in [-0.2, 0) is 9.53 Å². The quantitative estimate of drug-likeness (QED) is 0.539. The summed E-state index contributed by atoms with van der Waals surface area (Å²) in [5, 5.41) is 9.12. The molecule has 0 spiro atoms. The van der Waals surface area contributed by atoms with Crippen LogP contribution in [0, 0.1) is 6.92 Å². The zero-order chi connectivity index (χ0) is 16.5. The predicted molar refractivity (Wildman–Crippen MR) is 90.6 cm³/mol. The van der Waals surface area contributed by atoms with Gasteiger partial charge in [-0.1, -0.05) is 6.07 Å². The minimum absolute atomic E-state index is 0.0785. The fourth-order valence-electron chi connectivity index (χ4n) is 2.35. The Balaban J connectivity index is 1.65. The monoisotopic (exact) mass is 319 g/mol. The van der Waals surface area contributed by atoms with Gasteiger partial charge in [-0.05, 0) is 31.9 Å². The summed E-state index contributed by atoms with van der Waals surface area (Å²) in [6.45, 7) is 3.97. The molecule has 23 heavy (non-hydrogen) atoms. The molecule has 7 nitrogen and oxygen atoms in total. The summed E-state index contributed by atoms with van der Waals surface area (Å²) < 4.78 is 5.55. The van der Waals surface area contributed by atoms with Gasteiger partial charge in [-0.15, -0.1) is 0 Å². The van der Waals surface area contributed by atoms with Crippen molar-refractivity contribution in [1.82, 2.24) is 15.6 Å². The average Bonchev–Trinajstić information content (AvgIpc) is 3.04. The number of hydrogen-bond donors (Lipinski definition) is 3. The van der Waals surface area contributed by atoms with Crippen LogP contribution in [0.1, 0.15) is 25.0 Å². The first kappa shape index (κ1) is 17.2. The van der Waals surface area contributed by atoms with E-state index in [0.29, 0.717) is 24.7 Å². The van der Waals surface area contributed by atoms with Crippen LogP contribution in [0.5, 0.6) is 0 Å². The Bertz CT molecular complexity index is 541. The third kappa shape index (κ3) is 6.23. The van der Waals surface area contributed by atoms with Crippen molar-refractivity contribution in [2.45, 2.75) is 32.3 Å². The molecule has 1 aliphatic rings. The number of carbonyl (C=O) groups excluding carboxylic acids is 1. The first-order valence-electron chi connectivity index (χ1n) is 7.97. The van der Waals surface area contributed by atoms with Crippen molar-refractivity contribution in [3.05, 3.63) is 23.9 Å². The summed E-state index contributed by atoms with van der Waals surface area (Å²) in [5.41, 5.74) is 0.875. The van der Waals surface area contributed by atoms with E-state index in [4.69, 9.17) is 4.74 Å². The lowest BCUT2D eigenvalue weighted by Crippen LogP contribution is -2.41. The second kappa shape index (κ2) is 9.09. The number of hydrogen-bond acceptors (Lipinski definition) is 4. The maximum Gasteiger partial charge on any atom is 0.227 e. The first-order chi connectivity index (χ1) is 11.2. The molecule has 3 N–H and O–H groups in total. The van der Waals surface area contributed by atoms with E-state index in [1.54, 1.807) is 13.1 Å². The molecule has 1 atom stereocenters. The molecule has 126 valence electrons. The standard InChI is InChI=1S/C16H25N5O2/c1-12-5-3-7-14(20-12)21-15(22)8-9-18-16(17-2)19-11-13-6-4-10-23-13/h3,5,7,13H,4,6,8-11H2,1-2H3,(H2,17,18,19)(H,20,21,22). The van der Waals surface area contributed by atoms with E-state index in [-0.39, 0.29) is 12.0 Å². The van der Waals surface area contributed by atoms with Crippen LogP contribution >= 0.6 is 0 Å². The van der Waals surface area contributed by atoms with E-state index in [2.05, 4.69) is 25.9 Å². The average molecular weight is 319 g/mol. The number of carbonyl (C=O) groups is 1. The van der Waals surface area contributed by atoms with Gasteiger partial charge < -0.3 is 20.7 Å². The van der Waals surface area contributed by atoms with Gasteiger partial charge in [0.15, 0.2) is 5.96 Å². The number of nitrogens with one attached hydrogen (secondary N) is 3. The molecular weight excluding hydrogens is 294 g/mol. The van der Waals surface area contributed by atoms with E-state index in [0.717, 1.165) is 31.7 Å². The van der Waals surface area contributed by atoms with Crippen molar-refractivity contribution in [1.29, 1.82) is 0 Å². The van der Waals surface area contributed by atoms with E-state index in [9.17, 15) is 4.79 Å². The Kier molecular flexibility index (Phi) is 6.80. The smallest absolute Gasteiger partial charge is 0.227 e. The van der Waals surface area contributed by atoms with Crippen molar-refractivity contribution < 1.29 is 9.53 Å². The fourth-order valence-corrected chi connectivity index (χ4v) is 2.35. The van der Waals surface area contributed by atoms with Crippen LogP contribution in [-0.4, -0.2) is 49.7 Å². The summed E-state index contributed by atoms with van der Waals surface area (Å²) in [4.78, 5) is 20.3.